The summed E-state index contributed by atoms with van der Waals surface area (Å²) in [7, 11) is 0. The van der Waals surface area contributed by atoms with Crippen LogP contribution in [-0.4, -0.2) is 37.2 Å². The highest BCUT2D eigenvalue weighted by molar-refractivity contribution is 9.10. The van der Waals surface area contributed by atoms with E-state index in [2.05, 4.69) is 41.5 Å². The standard InChI is InChI=1S/C14H18BrN5O2/c1-14(2,3)22-13(21)10(7-12-17-19-20-18-12)6-9-4-5-11(15)16-8-9/h4-5,8,10H,6-7H2,1-3H3,(H,17,18,19,20)/t10-/m1/s1. The van der Waals surface area contributed by atoms with E-state index in [0.717, 1.165) is 10.2 Å². The number of nitrogens with zero attached hydrogens (tertiary/aromatic N) is 4. The molecular formula is C14H18BrN5O2. The van der Waals surface area contributed by atoms with Crippen LogP contribution in [0.5, 0.6) is 0 Å². The molecule has 0 amide bonds. The van der Waals surface area contributed by atoms with E-state index in [-0.39, 0.29) is 11.9 Å². The van der Waals surface area contributed by atoms with Crippen molar-refractivity contribution in [1.29, 1.82) is 0 Å². The molecule has 2 aromatic rings. The van der Waals surface area contributed by atoms with Crippen molar-refractivity contribution < 1.29 is 9.53 Å². The van der Waals surface area contributed by atoms with Crippen LogP contribution < -0.4 is 0 Å². The third kappa shape index (κ3) is 5.18. The fourth-order valence-electron chi connectivity index (χ4n) is 1.93. The summed E-state index contributed by atoms with van der Waals surface area (Å²) in [5.41, 5.74) is 0.410. The third-order valence-corrected chi connectivity index (χ3v) is 3.30. The van der Waals surface area contributed by atoms with Gasteiger partial charge in [-0.1, -0.05) is 11.3 Å². The van der Waals surface area contributed by atoms with Gasteiger partial charge in [0.15, 0.2) is 5.82 Å². The minimum Gasteiger partial charge on any atom is -0.460 e. The van der Waals surface area contributed by atoms with Crippen LogP contribution in [0.15, 0.2) is 22.9 Å². The Hall–Kier alpha value is -1.83. The van der Waals surface area contributed by atoms with Gasteiger partial charge in [0, 0.05) is 12.6 Å². The highest BCUT2D eigenvalue weighted by Crippen LogP contribution is 2.18. The van der Waals surface area contributed by atoms with Crippen molar-refractivity contribution in [1.82, 2.24) is 25.6 Å². The van der Waals surface area contributed by atoms with Crippen molar-refractivity contribution >= 4 is 21.9 Å². The van der Waals surface area contributed by atoms with Crippen LogP contribution >= 0.6 is 15.9 Å². The van der Waals surface area contributed by atoms with Gasteiger partial charge in [-0.05, 0) is 54.8 Å². The number of H-pyrrole nitrogens is 1. The molecule has 118 valence electrons. The van der Waals surface area contributed by atoms with Crippen molar-refractivity contribution in [2.75, 3.05) is 0 Å². The minimum absolute atomic E-state index is 0.278. The van der Waals surface area contributed by atoms with Gasteiger partial charge in [-0.2, -0.15) is 5.21 Å². The predicted molar refractivity (Wildman–Crippen MR) is 82.9 cm³/mol. The van der Waals surface area contributed by atoms with Crippen molar-refractivity contribution in [3.8, 4) is 0 Å². The highest BCUT2D eigenvalue weighted by atomic mass is 79.9. The number of hydrogen-bond donors (Lipinski definition) is 1. The van der Waals surface area contributed by atoms with E-state index < -0.39 is 5.60 Å². The number of halogens is 1. The molecule has 0 bridgehead atoms. The number of aromatic amines is 1. The first-order valence-corrected chi connectivity index (χ1v) is 7.68. The van der Waals surface area contributed by atoms with Crippen LogP contribution in [0.4, 0.5) is 0 Å². The van der Waals surface area contributed by atoms with Crippen LogP contribution in [0.1, 0.15) is 32.2 Å². The van der Waals surface area contributed by atoms with Crippen molar-refractivity contribution in [3.05, 3.63) is 34.3 Å². The first-order chi connectivity index (χ1) is 10.3. The summed E-state index contributed by atoms with van der Waals surface area (Å²) in [6.07, 6.45) is 2.60. The maximum atomic E-state index is 12.4. The molecule has 22 heavy (non-hydrogen) atoms. The number of rotatable bonds is 5. The number of carbonyl (C=O) groups is 1. The number of carbonyl (C=O) groups excluding carboxylic acids is 1. The average Bonchev–Trinajstić information content (AvgIpc) is 2.91. The van der Waals surface area contributed by atoms with E-state index in [9.17, 15) is 4.79 Å². The van der Waals surface area contributed by atoms with Crippen LogP contribution in [0.3, 0.4) is 0 Å². The Labute approximate surface area is 137 Å². The van der Waals surface area contributed by atoms with Gasteiger partial charge in [0.1, 0.15) is 10.2 Å². The Morgan fingerprint density at radius 1 is 1.36 bits per heavy atom. The third-order valence-electron chi connectivity index (χ3n) is 2.83. The molecule has 0 aliphatic rings. The molecule has 2 rings (SSSR count). The monoisotopic (exact) mass is 367 g/mol. The average molecular weight is 368 g/mol. The van der Waals surface area contributed by atoms with Crippen LogP contribution in [-0.2, 0) is 22.4 Å². The fourth-order valence-corrected chi connectivity index (χ4v) is 2.16. The van der Waals surface area contributed by atoms with Crippen molar-refractivity contribution in [2.45, 2.75) is 39.2 Å². The zero-order valence-corrected chi connectivity index (χ0v) is 14.3. The smallest absolute Gasteiger partial charge is 0.310 e. The zero-order chi connectivity index (χ0) is 16.2. The molecule has 2 aromatic heterocycles. The van der Waals surface area contributed by atoms with E-state index in [4.69, 9.17) is 4.74 Å². The summed E-state index contributed by atoms with van der Waals surface area (Å²) in [5.74, 6) is -0.180. The lowest BCUT2D eigenvalue weighted by molar-refractivity contribution is -0.160. The first-order valence-electron chi connectivity index (χ1n) is 6.89. The number of pyridine rings is 1. The molecule has 7 nitrogen and oxygen atoms in total. The van der Waals surface area contributed by atoms with Gasteiger partial charge in [-0.25, -0.2) is 4.98 Å². The maximum Gasteiger partial charge on any atom is 0.310 e. The predicted octanol–water partition coefficient (Wildman–Crippen LogP) is 2.10. The summed E-state index contributed by atoms with van der Waals surface area (Å²) in [4.78, 5) is 16.6. The number of tetrazole rings is 1. The minimum atomic E-state index is -0.537. The largest absolute Gasteiger partial charge is 0.460 e. The molecule has 0 saturated carbocycles. The Morgan fingerprint density at radius 2 is 2.14 bits per heavy atom. The SMILES string of the molecule is CC(C)(C)OC(=O)[C@H](Cc1ccc(Br)nc1)Cc1nn[nH]n1. The van der Waals surface area contributed by atoms with E-state index in [1.807, 2.05) is 32.9 Å². The molecular weight excluding hydrogens is 350 g/mol. The van der Waals surface area contributed by atoms with Crippen molar-refractivity contribution in [2.24, 2.45) is 5.92 Å². The van der Waals surface area contributed by atoms with Gasteiger partial charge in [-0.3, -0.25) is 4.79 Å². The Balaban J connectivity index is 2.13. The quantitative estimate of drug-likeness (QED) is 0.642. The van der Waals surface area contributed by atoms with E-state index in [1.165, 1.54) is 0 Å². The molecule has 0 saturated heterocycles. The van der Waals surface area contributed by atoms with Crippen molar-refractivity contribution in [3.63, 3.8) is 0 Å². The summed E-state index contributed by atoms with van der Waals surface area (Å²) in [6, 6.07) is 3.76. The summed E-state index contributed by atoms with van der Waals surface area (Å²) >= 11 is 3.29. The molecule has 0 aliphatic heterocycles. The highest BCUT2D eigenvalue weighted by Gasteiger charge is 2.27. The number of ether oxygens (including phenoxy) is 1. The molecule has 0 fully saturated rings. The molecule has 2 heterocycles. The second-order valence-electron chi connectivity index (χ2n) is 5.96. The van der Waals surface area contributed by atoms with Crippen LogP contribution in [0.25, 0.3) is 0 Å². The molecule has 0 aliphatic carbocycles. The summed E-state index contributed by atoms with van der Waals surface area (Å²) < 4.78 is 6.24. The molecule has 0 aromatic carbocycles. The Morgan fingerprint density at radius 3 is 2.68 bits per heavy atom. The maximum absolute atomic E-state index is 12.4. The number of esters is 1. The molecule has 1 atom stereocenters. The van der Waals surface area contributed by atoms with E-state index >= 15 is 0 Å². The molecule has 0 unspecified atom stereocenters. The van der Waals surface area contributed by atoms with Gasteiger partial charge in [0.05, 0.1) is 5.92 Å². The van der Waals surface area contributed by atoms with Crippen LogP contribution in [0.2, 0.25) is 0 Å². The lowest BCUT2D eigenvalue weighted by atomic mass is 9.96. The molecule has 8 heteroatoms. The van der Waals surface area contributed by atoms with E-state index in [1.54, 1.807) is 6.20 Å². The fraction of sp³-hybridized carbons (Fsp3) is 0.500. The summed E-state index contributed by atoms with van der Waals surface area (Å²) in [5, 5.41) is 13.7. The van der Waals surface area contributed by atoms with Crippen LogP contribution in [0, 0.1) is 5.92 Å². The second-order valence-corrected chi connectivity index (χ2v) is 6.77. The summed E-state index contributed by atoms with van der Waals surface area (Å²) in [6.45, 7) is 5.53. The Kier molecular flexibility index (Phi) is 5.23. The van der Waals surface area contributed by atoms with Gasteiger partial charge >= 0.3 is 5.97 Å². The lowest BCUT2D eigenvalue weighted by Crippen LogP contribution is -2.31. The Bertz CT molecular complexity index is 607. The normalized spacial score (nSPS) is 12.9. The molecule has 0 radical (unpaired) electrons. The first kappa shape index (κ1) is 16.5. The van der Waals surface area contributed by atoms with Gasteiger partial charge < -0.3 is 4.74 Å². The van der Waals surface area contributed by atoms with Gasteiger partial charge in [0.25, 0.3) is 0 Å². The molecule has 1 N–H and O–H groups in total. The van der Waals surface area contributed by atoms with Gasteiger partial charge in [0.2, 0.25) is 0 Å². The molecule has 0 spiro atoms. The number of hydrogen-bond acceptors (Lipinski definition) is 6. The van der Waals surface area contributed by atoms with E-state index in [0.29, 0.717) is 18.7 Å². The zero-order valence-electron chi connectivity index (χ0n) is 12.7. The van der Waals surface area contributed by atoms with Gasteiger partial charge in [-0.15, -0.1) is 10.2 Å². The topological polar surface area (TPSA) is 93.6 Å². The number of aromatic nitrogens is 5. The number of nitrogens with one attached hydrogen (secondary N) is 1. The second kappa shape index (κ2) is 6.95. The lowest BCUT2D eigenvalue weighted by Gasteiger charge is -2.23.